The second kappa shape index (κ2) is 4.07. The molecule has 5 nitrogen and oxygen atoms in total. The Bertz CT molecular complexity index is 880. The molecule has 3 saturated carbocycles. The number of nitrogens with zero attached hydrogens (tertiary/aromatic N) is 3. The van der Waals surface area contributed by atoms with E-state index in [2.05, 4.69) is 32.9 Å². The van der Waals surface area contributed by atoms with Gasteiger partial charge in [0, 0.05) is 6.04 Å². The van der Waals surface area contributed by atoms with E-state index < -0.39 is 0 Å². The van der Waals surface area contributed by atoms with E-state index >= 15 is 0 Å². The normalized spacial score (nSPS) is 47.6. The molecular weight excluding hydrogens is 314 g/mol. The van der Waals surface area contributed by atoms with Crippen molar-refractivity contribution in [3.05, 3.63) is 33.1 Å². The van der Waals surface area contributed by atoms with Crippen LogP contribution in [-0.4, -0.2) is 13.9 Å². The fourth-order valence-corrected chi connectivity index (χ4v) is 7.29. The van der Waals surface area contributed by atoms with Crippen LogP contribution in [0.1, 0.15) is 71.0 Å². The van der Waals surface area contributed by atoms with Crippen LogP contribution in [0.4, 0.5) is 0 Å². The van der Waals surface area contributed by atoms with Crippen molar-refractivity contribution in [2.75, 3.05) is 0 Å². The van der Waals surface area contributed by atoms with Gasteiger partial charge in [-0.1, -0.05) is 32.9 Å². The largest absolute Gasteiger partial charge is 0.348 e. The highest BCUT2D eigenvalue weighted by Gasteiger charge is 2.63. The zero-order valence-corrected chi connectivity index (χ0v) is 15.3. The zero-order valence-electron chi connectivity index (χ0n) is 15.3. The molecule has 0 spiro atoms. The molecule has 0 radical (unpaired) electrons. The van der Waals surface area contributed by atoms with Gasteiger partial charge in [-0.3, -0.25) is 0 Å². The molecule has 0 aromatic carbocycles. The van der Waals surface area contributed by atoms with Crippen molar-refractivity contribution >= 4 is 0 Å². The molecule has 1 aromatic rings. The summed E-state index contributed by atoms with van der Waals surface area (Å²) in [7, 11) is 0. The molecule has 25 heavy (non-hydrogen) atoms. The van der Waals surface area contributed by atoms with Crippen LogP contribution in [0, 0.1) is 28.6 Å². The van der Waals surface area contributed by atoms with Gasteiger partial charge in [0.1, 0.15) is 0 Å². The van der Waals surface area contributed by atoms with Gasteiger partial charge in [0.25, 0.3) is 0 Å². The maximum absolute atomic E-state index is 13.4. The number of allylic oxidation sites excluding steroid dienone is 2. The van der Waals surface area contributed by atoms with Crippen LogP contribution in [0.15, 0.2) is 21.7 Å². The fourth-order valence-electron chi connectivity index (χ4n) is 7.29. The molecule has 7 rings (SSSR count). The van der Waals surface area contributed by atoms with Crippen LogP contribution in [0.2, 0.25) is 0 Å². The molecule has 1 aromatic heterocycles. The Morgan fingerprint density at radius 3 is 1.88 bits per heavy atom. The molecule has 0 unspecified atom stereocenters. The third kappa shape index (κ3) is 1.35. The molecule has 7 atom stereocenters. The summed E-state index contributed by atoms with van der Waals surface area (Å²) < 4.78 is 5.30. The third-order valence-electron chi connectivity index (χ3n) is 9.43. The number of hydrogen-bond donors (Lipinski definition) is 0. The zero-order chi connectivity index (χ0) is 17.3. The molecule has 0 amide bonds. The second-order valence-corrected chi connectivity index (χ2v) is 10.0. The molecular formula is C20H27N3O2. The lowest BCUT2D eigenvalue weighted by Crippen LogP contribution is -2.52. The van der Waals surface area contributed by atoms with Crippen molar-refractivity contribution in [2.24, 2.45) is 28.6 Å². The van der Waals surface area contributed by atoms with E-state index in [0.29, 0.717) is 17.8 Å². The number of fused-ring (bicyclic) bond motifs is 2. The smallest absolute Gasteiger partial charge is 0.246 e. The average Bonchev–Trinajstić information content (AvgIpc) is 3.00. The maximum Gasteiger partial charge on any atom is 0.348 e. The standard InChI is InChI=1S/C20H27N3O2/c1-19(2)11-8-9-20(19,3)16(10-11)21-17(24)22-14-6-7-15(23(22)18(21)25)13-5-4-12(13)14/h6-7,11-16H,4-5,8-10H2,1-3H3/t11-,12-,13-,14-,15-,16+,20-/m0/s1. The van der Waals surface area contributed by atoms with Crippen LogP contribution in [0.25, 0.3) is 0 Å². The number of aromatic nitrogens is 3. The highest BCUT2D eigenvalue weighted by atomic mass is 16.2. The molecule has 2 aliphatic heterocycles. The van der Waals surface area contributed by atoms with Gasteiger partial charge in [0.15, 0.2) is 0 Å². The molecule has 3 fully saturated rings. The fraction of sp³-hybridized carbons (Fsp3) is 0.800. The van der Waals surface area contributed by atoms with Crippen LogP contribution >= 0.6 is 0 Å². The van der Waals surface area contributed by atoms with Gasteiger partial charge in [0.2, 0.25) is 0 Å². The first kappa shape index (κ1) is 14.6. The summed E-state index contributed by atoms with van der Waals surface area (Å²) in [6.07, 6.45) is 10.1. The summed E-state index contributed by atoms with van der Waals surface area (Å²) in [6.45, 7) is 7.00. The van der Waals surface area contributed by atoms with Crippen molar-refractivity contribution in [3.63, 3.8) is 0 Å². The molecule has 0 N–H and O–H groups in total. The summed E-state index contributed by atoms with van der Waals surface area (Å²) >= 11 is 0. The van der Waals surface area contributed by atoms with Crippen molar-refractivity contribution in [1.82, 2.24) is 13.9 Å². The van der Waals surface area contributed by atoms with Gasteiger partial charge in [-0.25, -0.2) is 23.5 Å². The maximum atomic E-state index is 13.4. The lowest BCUT2D eigenvalue weighted by molar-refractivity contribution is 0.0154. The third-order valence-corrected chi connectivity index (χ3v) is 9.43. The summed E-state index contributed by atoms with van der Waals surface area (Å²) in [5, 5.41) is 0. The Labute approximate surface area is 147 Å². The van der Waals surface area contributed by atoms with Gasteiger partial charge >= 0.3 is 11.4 Å². The quantitative estimate of drug-likeness (QED) is 0.738. The first-order chi connectivity index (χ1) is 11.9. The van der Waals surface area contributed by atoms with Crippen molar-refractivity contribution in [3.8, 4) is 0 Å². The van der Waals surface area contributed by atoms with E-state index in [9.17, 15) is 9.59 Å². The average molecular weight is 341 g/mol. The van der Waals surface area contributed by atoms with E-state index in [1.165, 1.54) is 19.3 Å². The van der Waals surface area contributed by atoms with Gasteiger partial charge < -0.3 is 0 Å². The first-order valence-electron chi connectivity index (χ1n) is 10.00. The van der Waals surface area contributed by atoms with E-state index in [1.807, 2.05) is 9.36 Å². The predicted molar refractivity (Wildman–Crippen MR) is 94.6 cm³/mol. The van der Waals surface area contributed by atoms with Crippen LogP contribution < -0.4 is 11.4 Å². The molecule has 6 aliphatic rings. The minimum absolute atomic E-state index is 0.0458. The monoisotopic (exact) mass is 341 g/mol. The first-order valence-corrected chi connectivity index (χ1v) is 10.00. The summed E-state index contributed by atoms with van der Waals surface area (Å²) in [4.78, 5) is 26.8. The van der Waals surface area contributed by atoms with Gasteiger partial charge in [-0.05, 0) is 60.7 Å². The molecule has 3 heterocycles. The second-order valence-electron chi connectivity index (χ2n) is 10.0. The predicted octanol–water partition coefficient (Wildman–Crippen LogP) is 2.89. The molecule has 0 saturated heterocycles. The Hall–Kier alpha value is -1.52. The highest BCUT2D eigenvalue weighted by molar-refractivity contribution is 5.19. The minimum Gasteiger partial charge on any atom is -0.246 e. The molecule has 4 bridgehead atoms. The number of hydrogen-bond acceptors (Lipinski definition) is 2. The lowest BCUT2D eigenvalue weighted by Gasteiger charge is -2.52. The van der Waals surface area contributed by atoms with Crippen LogP contribution in [-0.2, 0) is 0 Å². The van der Waals surface area contributed by atoms with E-state index in [1.54, 1.807) is 4.57 Å². The van der Waals surface area contributed by atoms with Crippen molar-refractivity contribution in [1.29, 1.82) is 0 Å². The van der Waals surface area contributed by atoms with Gasteiger partial charge in [-0.15, -0.1) is 0 Å². The van der Waals surface area contributed by atoms with Crippen molar-refractivity contribution < 1.29 is 0 Å². The lowest BCUT2D eigenvalue weighted by atomic mass is 9.62. The van der Waals surface area contributed by atoms with E-state index in [0.717, 1.165) is 12.8 Å². The Morgan fingerprint density at radius 2 is 1.48 bits per heavy atom. The number of rotatable bonds is 1. The minimum atomic E-state index is -0.0516. The van der Waals surface area contributed by atoms with E-state index in [4.69, 9.17) is 0 Å². The van der Waals surface area contributed by atoms with Crippen LogP contribution in [0.5, 0.6) is 0 Å². The van der Waals surface area contributed by atoms with Gasteiger partial charge in [0.05, 0.1) is 12.1 Å². The topological polar surface area (TPSA) is 48.9 Å². The molecule has 5 heteroatoms. The van der Waals surface area contributed by atoms with Crippen molar-refractivity contribution in [2.45, 2.75) is 71.0 Å². The Morgan fingerprint density at radius 1 is 0.920 bits per heavy atom. The highest BCUT2D eigenvalue weighted by Crippen LogP contribution is 2.69. The summed E-state index contributed by atoms with van der Waals surface area (Å²) in [5.41, 5.74) is 0.144. The molecule has 4 aliphatic carbocycles. The van der Waals surface area contributed by atoms with Crippen LogP contribution in [0.3, 0.4) is 0 Å². The molecule has 134 valence electrons. The Balaban J connectivity index is 1.56. The van der Waals surface area contributed by atoms with E-state index in [-0.39, 0.29) is 40.3 Å². The van der Waals surface area contributed by atoms with Gasteiger partial charge in [-0.2, -0.15) is 0 Å². The SMILES string of the molecule is CC1(C)[C@H]2CC[C@@]1(C)[C@H](n1c(=O)n3n(c1=O)[C@H]1C=C[C@H]3[C@H]3CC[C@@H]31)C2. The summed E-state index contributed by atoms with van der Waals surface area (Å²) in [6, 6.07) is 0.262. The summed E-state index contributed by atoms with van der Waals surface area (Å²) in [5.74, 6) is 1.76. The Kier molecular flexibility index (Phi) is 2.38.